The van der Waals surface area contributed by atoms with Crippen LogP contribution in [0.3, 0.4) is 0 Å². The lowest BCUT2D eigenvalue weighted by Crippen LogP contribution is -1.86. The van der Waals surface area contributed by atoms with Crippen LogP contribution in [0.1, 0.15) is 9.67 Å². The normalized spacial score (nSPS) is 10.6. The number of pyridine rings is 1. The van der Waals surface area contributed by atoms with Crippen molar-refractivity contribution in [2.45, 2.75) is 0 Å². The average Bonchev–Trinajstić information content (AvgIpc) is 2.90. The molecule has 0 aliphatic carbocycles. The number of nitrogens with zero attached hydrogens (tertiary/aromatic N) is 1. The zero-order valence-electron chi connectivity index (χ0n) is 9.67. The van der Waals surface area contributed by atoms with Crippen LogP contribution in [0.15, 0.2) is 42.6 Å². The summed E-state index contributed by atoms with van der Waals surface area (Å²) in [5, 5.41) is 2.13. The van der Waals surface area contributed by atoms with Gasteiger partial charge in [0.25, 0.3) is 0 Å². The highest BCUT2D eigenvalue weighted by Gasteiger charge is 2.09. The summed E-state index contributed by atoms with van der Waals surface area (Å²) in [5.74, 6) is 0.624. The van der Waals surface area contributed by atoms with Crippen molar-refractivity contribution in [3.8, 4) is 10.8 Å². The molecule has 2 heterocycles. The van der Waals surface area contributed by atoms with Crippen LogP contribution in [0, 0.1) is 0 Å². The summed E-state index contributed by atoms with van der Waals surface area (Å²) in [6, 6.07) is 10.7. The lowest BCUT2D eigenvalue weighted by atomic mass is 10.2. The van der Waals surface area contributed by atoms with Crippen molar-refractivity contribution in [2.75, 3.05) is 0 Å². The monoisotopic (exact) mass is 289 g/mol. The molecule has 0 unspecified atom stereocenters. The number of fused-ring (bicyclic) bond motifs is 1. The lowest BCUT2D eigenvalue weighted by Gasteiger charge is -2.07. The van der Waals surface area contributed by atoms with E-state index in [1.807, 2.05) is 12.1 Å². The van der Waals surface area contributed by atoms with Gasteiger partial charge in [-0.05, 0) is 36.4 Å². The Morgan fingerprint density at radius 1 is 1.21 bits per heavy atom. The Bertz CT molecular complexity index is 754. The Labute approximate surface area is 118 Å². The molecule has 3 rings (SSSR count). The first-order valence-corrected chi connectivity index (χ1v) is 6.73. The van der Waals surface area contributed by atoms with Gasteiger partial charge in [-0.15, -0.1) is 0 Å². The van der Waals surface area contributed by atoms with Gasteiger partial charge in [-0.25, -0.2) is 0 Å². The van der Waals surface area contributed by atoms with E-state index in [9.17, 15) is 4.79 Å². The van der Waals surface area contributed by atoms with Crippen molar-refractivity contribution >= 4 is 40.1 Å². The number of thiophene rings is 1. The third-order valence-corrected chi connectivity index (χ3v) is 3.83. The molecule has 0 atom stereocenters. The summed E-state index contributed by atoms with van der Waals surface area (Å²) in [6.45, 7) is 0. The first-order chi connectivity index (χ1) is 9.28. The molecule has 0 aliphatic heterocycles. The molecule has 0 saturated heterocycles. The van der Waals surface area contributed by atoms with Crippen LogP contribution in [-0.2, 0) is 0 Å². The Morgan fingerprint density at radius 2 is 2.11 bits per heavy atom. The third-order valence-electron chi connectivity index (χ3n) is 2.61. The number of aldehydes is 1. The minimum atomic E-state index is 0.624. The van der Waals surface area contributed by atoms with E-state index in [0.29, 0.717) is 26.2 Å². The molecule has 0 N–H and O–H groups in total. The molecule has 3 aromatic rings. The molecule has 0 aliphatic rings. The molecule has 0 saturated carbocycles. The maximum absolute atomic E-state index is 10.7. The van der Waals surface area contributed by atoms with Gasteiger partial charge in [-0.3, -0.25) is 9.78 Å². The molecular weight excluding hydrogens is 282 g/mol. The maximum atomic E-state index is 10.7. The second-order valence-electron chi connectivity index (χ2n) is 3.82. The molecule has 2 aromatic heterocycles. The lowest BCUT2D eigenvalue weighted by molar-refractivity contribution is 0.112. The van der Waals surface area contributed by atoms with Gasteiger partial charge in [0.15, 0.2) is 17.1 Å². The van der Waals surface area contributed by atoms with Crippen LogP contribution < -0.4 is 4.74 Å². The first kappa shape index (κ1) is 12.1. The van der Waals surface area contributed by atoms with Crippen LogP contribution >= 0.6 is 22.9 Å². The highest BCUT2D eigenvalue weighted by Crippen LogP contribution is 2.35. The summed E-state index contributed by atoms with van der Waals surface area (Å²) >= 11 is 7.41. The first-order valence-electron chi connectivity index (χ1n) is 5.54. The number of hydrogen-bond acceptors (Lipinski definition) is 4. The molecule has 0 spiro atoms. The molecular formula is C14H8ClNO2S. The predicted molar refractivity (Wildman–Crippen MR) is 76.5 cm³/mol. The van der Waals surface area contributed by atoms with E-state index in [0.717, 1.165) is 11.7 Å². The number of halogens is 1. The zero-order chi connectivity index (χ0) is 13.2. The number of aromatic nitrogens is 1. The Balaban J connectivity index is 2.05. The topological polar surface area (TPSA) is 39.2 Å². The van der Waals surface area contributed by atoms with Crippen molar-refractivity contribution in [1.82, 2.24) is 4.98 Å². The van der Waals surface area contributed by atoms with Gasteiger partial charge in [0, 0.05) is 11.6 Å². The number of carbonyl (C=O) groups is 1. The summed E-state index contributed by atoms with van der Waals surface area (Å²) in [4.78, 5) is 15.6. The van der Waals surface area contributed by atoms with Crippen LogP contribution in [0.4, 0.5) is 0 Å². The number of ether oxygens (including phenoxy) is 1. The van der Waals surface area contributed by atoms with Crippen molar-refractivity contribution < 1.29 is 9.53 Å². The Morgan fingerprint density at radius 3 is 2.89 bits per heavy atom. The molecule has 19 heavy (non-hydrogen) atoms. The molecule has 5 heteroatoms. The van der Waals surface area contributed by atoms with E-state index < -0.39 is 0 Å². The largest absolute Gasteiger partial charge is 0.444 e. The van der Waals surface area contributed by atoms with E-state index in [4.69, 9.17) is 16.3 Å². The number of rotatable bonds is 3. The second-order valence-corrected chi connectivity index (χ2v) is 5.31. The Hall–Kier alpha value is -1.91. The molecule has 0 amide bonds. The van der Waals surface area contributed by atoms with Crippen molar-refractivity contribution in [3.63, 3.8) is 0 Å². The maximum Gasteiger partial charge on any atom is 0.181 e. The van der Waals surface area contributed by atoms with Gasteiger partial charge < -0.3 is 4.74 Å². The number of hydrogen-bond donors (Lipinski definition) is 0. The van der Waals surface area contributed by atoms with E-state index >= 15 is 0 Å². The van der Waals surface area contributed by atoms with Gasteiger partial charge in [0.05, 0.1) is 9.90 Å². The van der Waals surface area contributed by atoms with Crippen LogP contribution in [-0.4, -0.2) is 11.3 Å². The van der Waals surface area contributed by atoms with Gasteiger partial charge in [-0.2, -0.15) is 0 Å². The molecule has 94 valence electrons. The van der Waals surface area contributed by atoms with Gasteiger partial charge >= 0.3 is 0 Å². The summed E-state index contributed by atoms with van der Waals surface area (Å²) in [5.41, 5.74) is 0.705. The van der Waals surface area contributed by atoms with Crippen LogP contribution in [0.5, 0.6) is 10.8 Å². The zero-order valence-corrected chi connectivity index (χ0v) is 11.2. The molecule has 0 fully saturated rings. The quantitative estimate of drug-likeness (QED) is 0.664. The van der Waals surface area contributed by atoms with E-state index in [2.05, 4.69) is 4.98 Å². The molecule has 1 aromatic carbocycles. The fourth-order valence-corrected chi connectivity index (χ4v) is 2.65. The van der Waals surface area contributed by atoms with Crippen LogP contribution in [0.2, 0.25) is 5.02 Å². The highest BCUT2D eigenvalue weighted by molar-refractivity contribution is 7.15. The summed E-state index contributed by atoms with van der Waals surface area (Å²) in [6.07, 6.45) is 2.49. The average molecular weight is 290 g/mol. The SMILES string of the molecule is O=Cc1ccc(Oc2ccc(Cl)c3cccnc23)s1. The minimum absolute atomic E-state index is 0.624. The molecule has 0 bridgehead atoms. The minimum Gasteiger partial charge on any atom is -0.444 e. The van der Waals surface area contributed by atoms with Crippen LogP contribution in [0.25, 0.3) is 10.9 Å². The van der Waals surface area contributed by atoms with Gasteiger partial charge in [-0.1, -0.05) is 22.9 Å². The fraction of sp³-hybridized carbons (Fsp3) is 0. The Kier molecular flexibility index (Phi) is 3.19. The molecule has 0 radical (unpaired) electrons. The van der Waals surface area contributed by atoms with E-state index in [-0.39, 0.29) is 0 Å². The summed E-state index contributed by atoms with van der Waals surface area (Å²) in [7, 11) is 0. The van der Waals surface area contributed by atoms with E-state index in [1.165, 1.54) is 11.3 Å². The van der Waals surface area contributed by atoms with Crippen molar-refractivity contribution in [3.05, 3.63) is 52.5 Å². The van der Waals surface area contributed by atoms with Gasteiger partial charge in [0.1, 0.15) is 5.52 Å². The van der Waals surface area contributed by atoms with Gasteiger partial charge in [0.2, 0.25) is 0 Å². The number of carbonyl (C=O) groups excluding carboxylic acids is 1. The summed E-state index contributed by atoms with van der Waals surface area (Å²) < 4.78 is 5.77. The highest BCUT2D eigenvalue weighted by atomic mass is 35.5. The second kappa shape index (κ2) is 4.99. The fourth-order valence-electron chi connectivity index (χ4n) is 1.76. The number of benzene rings is 1. The smallest absolute Gasteiger partial charge is 0.181 e. The van der Waals surface area contributed by atoms with Crippen molar-refractivity contribution in [2.24, 2.45) is 0 Å². The van der Waals surface area contributed by atoms with Crippen molar-refractivity contribution in [1.29, 1.82) is 0 Å². The predicted octanol–water partition coefficient (Wildman–Crippen LogP) is 4.55. The third kappa shape index (κ3) is 2.32. The molecule has 3 nitrogen and oxygen atoms in total. The standard InChI is InChI=1S/C14H8ClNO2S/c15-11-4-5-12(14-10(11)2-1-7-16-14)18-13-6-3-9(8-17)19-13/h1-8H. The van der Waals surface area contributed by atoms with E-state index in [1.54, 1.807) is 30.5 Å².